The number of benzene rings is 1. The molecule has 1 N–H and O–H groups in total. The van der Waals surface area contributed by atoms with Crippen molar-refractivity contribution in [2.24, 2.45) is 0 Å². The van der Waals surface area contributed by atoms with Crippen LogP contribution in [-0.2, 0) is 24.3 Å². The number of carbonyl (C=O) groups excluding carboxylic acids is 1. The summed E-state index contributed by atoms with van der Waals surface area (Å²) in [5.41, 5.74) is 1.76. The van der Waals surface area contributed by atoms with Crippen molar-refractivity contribution in [1.29, 1.82) is 5.26 Å². The highest BCUT2D eigenvalue weighted by Crippen LogP contribution is 2.21. The van der Waals surface area contributed by atoms with E-state index in [1.54, 1.807) is 16.7 Å². The average Bonchev–Trinajstić information content (AvgIpc) is 3.51. The number of amides is 1. The van der Waals surface area contributed by atoms with E-state index >= 15 is 0 Å². The van der Waals surface area contributed by atoms with Gasteiger partial charge in [0.05, 0.1) is 12.3 Å². The molecule has 35 heavy (non-hydrogen) atoms. The molecule has 1 aromatic carbocycles. The van der Waals surface area contributed by atoms with Crippen molar-refractivity contribution in [1.82, 2.24) is 24.6 Å². The zero-order chi connectivity index (χ0) is 24.6. The van der Waals surface area contributed by atoms with E-state index in [2.05, 4.69) is 27.6 Å². The molecule has 9 heteroatoms. The van der Waals surface area contributed by atoms with Crippen LogP contribution in [0.25, 0.3) is 0 Å². The molecule has 1 amide bonds. The summed E-state index contributed by atoms with van der Waals surface area (Å²) in [6.07, 6.45) is 6.20. The lowest BCUT2D eigenvalue weighted by molar-refractivity contribution is -0.119. The predicted molar refractivity (Wildman–Crippen MR) is 135 cm³/mol. The SMILES string of the molecule is Cc1ccc(C#N)c(=O)n1Cc1nnc(SCC(=O)NC2CCCC2)n1CCCc1ccccc1. The minimum absolute atomic E-state index is 0.0103. The number of hydrogen-bond donors (Lipinski definition) is 1. The molecule has 1 fully saturated rings. The molecule has 4 rings (SSSR count). The molecule has 0 atom stereocenters. The van der Waals surface area contributed by atoms with Crippen LogP contribution in [0, 0.1) is 18.3 Å². The lowest BCUT2D eigenvalue weighted by Gasteiger charge is -2.14. The van der Waals surface area contributed by atoms with E-state index in [1.165, 1.54) is 30.2 Å². The highest BCUT2D eigenvalue weighted by atomic mass is 32.2. The summed E-state index contributed by atoms with van der Waals surface area (Å²) in [5.74, 6) is 0.920. The highest BCUT2D eigenvalue weighted by Gasteiger charge is 2.19. The van der Waals surface area contributed by atoms with Crippen LogP contribution >= 0.6 is 11.8 Å². The van der Waals surface area contributed by atoms with E-state index in [1.807, 2.05) is 35.8 Å². The minimum Gasteiger partial charge on any atom is -0.353 e. The second kappa shape index (κ2) is 11.8. The summed E-state index contributed by atoms with van der Waals surface area (Å²) in [6.45, 7) is 2.71. The van der Waals surface area contributed by atoms with Gasteiger partial charge in [-0.05, 0) is 50.3 Å². The lowest BCUT2D eigenvalue weighted by Crippen LogP contribution is -2.33. The Kier molecular flexibility index (Phi) is 8.37. The quantitative estimate of drug-likeness (QED) is 0.437. The Labute approximate surface area is 209 Å². The third-order valence-electron chi connectivity index (χ3n) is 6.35. The summed E-state index contributed by atoms with van der Waals surface area (Å²) in [4.78, 5) is 25.2. The molecule has 1 saturated carbocycles. The Morgan fingerprint density at radius 1 is 1.14 bits per heavy atom. The summed E-state index contributed by atoms with van der Waals surface area (Å²) in [6, 6.07) is 15.8. The molecule has 182 valence electrons. The van der Waals surface area contributed by atoms with Crippen molar-refractivity contribution in [3.05, 3.63) is 75.5 Å². The molecule has 0 unspecified atom stereocenters. The summed E-state index contributed by atoms with van der Waals surface area (Å²) in [5, 5.41) is 21.8. The van der Waals surface area contributed by atoms with Gasteiger partial charge in [0.1, 0.15) is 11.6 Å². The van der Waals surface area contributed by atoms with Crippen LogP contribution in [-0.4, -0.2) is 37.0 Å². The topological polar surface area (TPSA) is 106 Å². The fourth-order valence-corrected chi connectivity index (χ4v) is 5.21. The number of nitrogens with zero attached hydrogens (tertiary/aromatic N) is 5. The first-order valence-corrected chi connectivity index (χ1v) is 13.0. The van der Waals surface area contributed by atoms with Crippen LogP contribution in [0.1, 0.15) is 54.7 Å². The van der Waals surface area contributed by atoms with Gasteiger partial charge in [-0.3, -0.25) is 9.59 Å². The molecular weight excluding hydrogens is 460 g/mol. The van der Waals surface area contributed by atoms with Crippen molar-refractivity contribution in [2.75, 3.05) is 5.75 Å². The van der Waals surface area contributed by atoms with Gasteiger partial charge in [0.15, 0.2) is 11.0 Å². The van der Waals surface area contributed by atoms with Gasteiger partial charge in [0, 0.05) is 18.3 Å². The second-order valence-electron chi connectivity index (χ2n) is 8.87. The standard InChI is InChI=1S/C26H30N6O2S/c1-19-13-14-21(16-27)25(34)32(19)17-23-29-30-26(35-18-24(33)28-22-11-5-6-12-22)31(23)15-7-10-20-8-3-2-4-9-20/h2-4,8-9,13-14,22H,5-7,10-12,15,17-18H2,1H3,(H,28,33). The first-order chi connectivity index (χ1) is 17.0. The maximum Gasteiger partial charge on any atom is 0.269 e. The van der Waals surface area contributed by atoms with Gasteiger partial charge in [-0.1, -0.05) is 54.9 Å². The first-order valence-electron chi connectivity index (χ1n) is 12.0. The van der Waals surface area contributed by atoms with Gasteiger partial charge in [-0.15, -0.1) is 10.2 Å². The number of nitriles is 1. The van der Waals surface area contributed by atoms with E-state index in [9.17, 15) is 14.9 Å². The van der Waals surface area contributed by atoms with Crippen LogP contribution in [0.2, 0.25) is 0 Å². The van der Waals surface area contributed by atoms with Crippen molar-refractivity contribution >= 4 is 17.7 Å². The number of thioether (sulfide) groups is 1. The summed E-state index contributed by atoms with van der Waals surface area (Å²) >= 11 is 1.37. The van der Waals surface area contributed by atoms with Gasteiger partial charge in [0.25, 0.3) is 5.56 Å². The molecule has 0 bridgehead atoms. The number of hydrogen-bond acceptors (Lipinski definition) is 6. The van der Waals surface area contributed by atoms with Gasteiger partial charge in [-0.2, -0.15) is 5.26 Å². The van der Waals surface area contributed by atoms with E-state index < -0.39 is 0 Å². The molecule has 2 heterocycles. The predicted octanol–water partition coefficient (Wildman–Crippen LogP) is 3.45. The van der Waals surface area contributed by atoms with Crippen LogP contribution in [0.3, 0.4) is 0 Å². The number of aromatic nitrogens is 4. The van der Waals surface area contributed by atoms with Crippen LogP contribution in [0.15, 0.2) is 52.4 Å². The number of rotatable bonds is 10. The Morgan fingerprint density at radius 3 is 2.66 bits per heavy atom. The average molecular weight is 491 g/mol. The van der Waals surface area contributed by atoms with Crippen LogP contribution in [0.4, 0.5) is 0 Å². The molecule has 0 radical (unpaired) electrons. The van der Waals surface area contributed by atoms with Crippen molar-refractivity contribution < 1.29 is 4.79 Å². The van der Waals surface area contributed by atoms with Gasteiger partial charge < -0.3 is 14.5 Å². The monoisotopic (exact) mass is 490 g/mol. The van der Waals surface area contributed by atoms with E-state index in [0.717, 1.165) is 31.4 Å². The molecule has 1 aliphatic carbocycles. The molecule has 0 saturated heterocycles. The van der Waals surface area contributed by atoms with Gasteiger partial charge in [-0.25, -0.2) is 0 Å². The van der Waals surface area contributed by atoms with E-state index in [4.69, 9.17) is 0 Å². The zero-order valence-corrected chi connectivity index (χ0v) is 20.8. The van der Waals surface area contributed by atoms with E-state index in [0.29, 0.717) is 17.5 Å². The third kappa shape index (κ3) is 6.40. The van der Waals surface area contributed by atoms with Gasteiger partial charge >= 0.3 is 0 Å². The molecule has 1 aliphatic rings. The number of aryl methyl sites for hydroxylation is 2. The fraction of sp³-hybridized carbons (Fsp3) is 0.423. The van der Waals surface area contributed by atoms with Crippen LogP contribution < -0.4 is 10.9 Å². The van der Waals surface area contributed by atoms with Crippen molar-refractivity contribution in [2.45, 2.75) is 69.7 Å². The summed E-state index contributed by atoms with van der Waals surface area (Å²) < 4.78 is 3.55. The molecule has 3 aromatic rings. The fourth-order valence-electron chi connectivity index (χ4n) is 4.42. The zero-order valence-electron chi connectivity index (χ0n) is 19.9. The highest BCUT2D eigenvalue weighted by molar-refractivity contribution is 7.99. The minimum atomic E-state index is -0.337. The lowest BCUT2D eigenvalue weighted by atomic mass is 10.1. The maximum absolute atomic E-state index is 12.7. The first kappa shape index (κ1) is 24.7. The van der Waals surface area contributed by atoms with Crippen LogP contribution in [0.5, 0.6) is 0 Å². The third-order valence-corrected chi connectivity index (χ3v) is 7.32. The Balaban J connectivity index is 1.51. The Hall–Kier alpha value is -3.38. The molecule has 2 aromatic heterocycles. The normalized spacial score (nSPS) is 13.6. The number of pyridine rings is 1. The Bertz CT molecular complexity index is 1260. The molecular formula is C26H30N6O2S. The number of nitrogens with one attached hydrogen (secondary N) is 1. The maximum atomic E-state index is 12.7. The van der Waals surface area contributed by atoms with Gasteiger partial charge in [0.2, 0.25) is 5.91 Å². The van der Waals surface area contributed by atoms with Crippen molar-refractivity contribution in [3.63, 3.8) is 0 Å². The summed E-state index contributed by atoms with van der Waals surface area (Å²) in [7, 11) is 0. The second-order valence-corrected chi connectivity index (χ2v) is 9.81. The van der Waals surface area contributed by atoms with Crippen molar-refractivity contribution in [3.8, 4) is 6.07 Å². The number of carbonyl (C=O) groups is 1. The molecule has 8 nitrogen and oxygen atoms in total. The smallest absolute Gasteiger partial charge is 0.269 e. The largest absolute Gasteiger partial charge is 0.353 e. The molecule has 0 aliphatic heterocycles. The Morgan fingerprint density at radius 2 is 1.91 bits per heavy atom. The van der Waals surface area contributed by atoms with E-state index in [-0.39, 0.29) is 35.4 Å². The molecule has 0 spiro atoms.